The number of allylic oxidation sites excluding steroid dienone is 3. The van der Waals surface area contributed by atoms with E-state index in [1.165, 1.54) is 6.08 Å². The van der Waals surface area contributed by atoms with Gasteiger partial charge in [-0.1, -0.05) is 18.2 Å². The van der Waals surface area contributed by atoms with Gasteiger partial charge in [0, 0.05) is 19.1 Å². The Bertz CT molecular complexity index is 171. The van der Waals surface area contributed by atoms with Crippen LogP contribution in [0, 0.1) is 0 Å². The molecule has 0 spiro atoms. The fourth-order valence-electron chi connectivity index (χ4n) is 0.531. The minimum atomic E-state index is -0.374. The van der Waals surface area contributed by atoms with Crippen LogP contribution in [0.25, 0.3) is 0 Å². The molecule has 0 aliphatic rings. The van der Waals surface area contributed by atoms with Gasteiger partial charge in [-0.3, -0.25) is 0 Å². The Morgan fingerprint density at radius 2 is 2.25 bits per heavy atom. The maximum absolute atomic E-state index is 10.8. The first-order valence-corrected chi connectivity index (χ1v) is 3.88. The molecule has 0 bridgehead atoms. The number of aliphatic hydroxyl groups is 1. The van der Waals surface area contributed by atoms with Crippen molar-refractivity contribution in [3.8, 4) is 0 Å². The van der Waals surface area contributed by atoms with Crippen LogP contribution in [0.15, 0.2) is 24.3 Å². The molecule has 0 aromatic rings. The fraction of sp³-hybridized carbons (Fsp3) is 0.444. The number of carbonyl (C=O) groups excluding carboxylic acids is 1. The molecule has 0 aromatic carbocycles. The predicted molar refractivity (Wildman–Crippen MR) is 46.6 cm³/mol. The van der Waals surface area contributed by atoms with E-state index in [1.54, 1.807) is 12.2 Å². The molecule has 12 heavy (non-hydrogen) atoms. The van der Waals surface area contributed by atoms with Crippen LogP contribution in [0.2, 0.25) is 0 Å². The molecule has 0 saturated heterocycles. The van der Waals surface area contributed by atoms with Crippen molar-refractivity contribution in [2.45, 2.75) is 13.3 Å². The molecule has 0 aliphatic carbocycles. The average molecular weight is 170 g/mol. The van der Waals surface area contributed by atoms with Crippen LogP contribution in [-0.2, 0) is 9.53 Å². The molecule has 0 aliphatic heterocycles. The lowest BCUT2D eigenvalue weighted by Crippen LogP contribution is -2.03. The van der Waals surface area contributed by atoms with Crippen molar-refractivity contribution in [3.63, 3.8) is 0 Å². The number of aliphatic hydroxyl groups excluding tert-OH is 1. The predicted octanol–water partition coefficient (Wildman–Crippen LogP) is 1.04. The summed E-state index contributed by atoms with van der Waals surface area (Å²) in [4.78, 5) is 10.8. The largest absolute Gasteiger partial charge is 0.462 e. The number of rotatable bonds is 5. The fourth-order valence-corrected chi connectivity index (χ4v) is 0.531. The van der Waals surface area contributed by atoms with Crippen molar-refractivity contribution in [3.05, 3.63) is 24.3 Å². The Labute approximate surface area is 72.3 Å². The zero-order valence-corrected chi connectivity index (χ0v) is 7.19. The molecule has 0 rings (SSSR count). The van der Waals surface area contributed by atoms with Gasteiger partial charge in [0.05, 0.1) is 6.61 Å². The van der Waals surface area contributed by atoms with Crippen LogP contribution in [0.3, 0.4) is 0 Å². The number of ether oxygens (including phenoxy) is 1. The number of carbonyl (C=O) groups is 1. The van der Waals surface area contributed by atoms with E-state index in [2.05, 4.69) is 0 Å². The quantitative estimate of drug-likeness (QED) is 0.290. The molecular formula is C9H14O3. The van der Waals surface area contributed by atoms with Crippen molar-refractivity contribution in [2.75, 3.05) is 13.2 Å². The molecule has 1 N–H and O–H groups in total. The van der Waals surface area contributed by atoms with Gasteiger partial charge in [-0.15, -0.1) is 0 Å². The van der Waals surface area contributed by atoms with Crippen LogP contribution >= 0.6 is 0 Å². The Hall–Kier alpha value is -1.09. The average Bonchev–Trinajstić information content (AvgIpc) is 2.06. The van der Waals surface area contributed by atoms with Gasteiger partial charge in [0.15, 0.2) is 0 Å². The third kappa shape index (κ3) is 7.02. The first-order valence-electron chi connectivity index (χ1n) is 3.88. The summed E-state index contributed by atoms with van der Waals surface area (Å²) in [5.41, 5.74) is 0. The van der Waals surface area contributed by atoms with Gasteiger partial charge >= 0.3 is 5.97 Å². The third-order valence-electron chi connectivity index (χ3n) is 1.08. The van der Waals surface area contributed by atoms with E-state index < -0.39 is 0 Å². The summed E-state index contributed by atoms with van der Waals surface area (Å²) < 4.78 is 4.71. The number of hydrogen-bond acceptors (Lipinski definition) is 3. The van der Waals surface area contributed by atoms with Crippen molar-refractivity contribution < 1.29 is 14.6 Å². The van der Waals surface area contributed by atoms with E-state index in [-0.39, 0.29) is 19.2 Å². The lowest BCUT2D eigenvalue weighted by molar-refractivity contribution is -0.138. The lowest BCUT2D eigenvalue weighted by Gasteiger charge is -1.97. The second kappa shape index (κ2) is 8.01. The maximum atomic E-state index is 10.8. The molecule has 0 aromatic heterocycles. The Kier molecular flexibility index (Phi) is 7.28. The van der Waals surface area contributed by atoms with Gasteiger partial charge < -0.3 is 9.84 Å². The highest BCUT2D eigenvalue weighted by Crippen LogP contribution is 1.85. The van der Waals surface area contributed by atoms with E-state index in [0.29, 0.717) is 6.42 Å². The zero-order chi connectivity index (χ0) is 9.23. The van der Waals surface area contributed by atoms with Crippen LogP contribution in [0.5, 0.6) is 0 Å². The standard InChI is InChI=1S/C9H14O3/c1-2-3-4-6-9(11)12-8-5-7-10/h2-4,6,10H,5,7-8H2,1H3/b3-2+,6-4+. The van der Waals surface area contributed by atoms with E-state index in [4.69, 9.17) is 9.84 Å². The summed E-state index contributed by atoms with van der Waals surface area (Å²) in [5, 5.41) is 8.37. The minimum Gasteiger partial charge on any atom is -0.462 e. The first kappa shape index (κ1) is 10.9. The van der Waals surface area contributed by atoms with Gasteiger partial charge in [-0.2, -0.15) is 0 Å². The highest BCUT2D eigenvalue weighted by molar-refractivity contribution is 5.82. The van der Waals surface area contributed by atoms with Gasteiger partial charge in [-0.05, 0) is 6.92 Å². The number of hydrogen-bond donors (Lipinski definition) is 1. The molecule has 0 amide bonds. The third-order valence-corrected chi connectivity index (χ3v) is 1.08. The summed E-state index contributed by atoms with van der Waals surface area (Å²) in [6, 6.07) is 0. The van der Waals surface area contributed by atoms with Crippen molar-refractivity contribution in [1.82, 2.24) is 0 Å². The number of esters is 1. The summed E-state index contributed by atoms with van der Waals surface area (Å²) in [6.07, 6.45) is 7.01. The van der Waals surface area contributed by atoms with Crippen LogP contribution in [-0.4, -0.2) is 24.3 Å². The Morgan fingerprint density at radius 1 is 1.50 bits per heavy atom. The summed E-state index contributed by atoms with van der Waals surface area (Å²) >= 11 is 0. The van der Waals surface area contributed by atoms with Gasteiger partial charge in [0.1, 0.15) is 0 Å². The Balaban J connectivity index is 3.45. The van der Waals surface area contributed by atoms with Crippen molar-refractivity contribution in [1.29, 1.82) is 0 Å². The van der Waals surface area contributed by atoms with Gasteiger partial charge in [0.25, 0.3) is 0 Å². The second-order valence-corrected chi connectivity index (χ2v) is 2.13. The summed E-state index contributed by atoms with van der Waals surface area (Å²) in [6.45, 7) is 2.18. The maximum Gasteiger partial charge on any atom is 0.330 e. The minimum absolute atomic E-state index is 0.0475. The summed E-state index contributed by atoms with van der Waals surface area (Å²) in [7, 11) is 0. The molecule has 3 nitrogen and oxygen atoms in total. The lowest BCUT2D eigenvalue weighted by atomic mass is 10.4. The highest BCUT2D eigenvalue weighted by atomic mass is 16.5. The van der Waals surface area contributed by atoms with E-state index in [0.717, 1.165) is 0 Å². The van der Waals surface area contributed by atoms with E-state index in [9.17, 15) is 4.79 Å². The van der Waals surface area contributed by atoms with E-state index in [1.807, 2.05) is 13.0 Å². The van der Waals surface area contributed by atoms with Crippen molar-refractivity contribution in [2.24, 2.45) is 0 Å². The smallest absolute Gasteiger partial charge is 0.330 e. The zero-order valence-electron chi connectivity index (χ0n) is 7.19. The first-order chi connectivity index (χ1) is 5.81. The molecule has 0 fully saturated rings. The molecule has 0 atom stereocenters. The molecule has 68 valence electrons. The summed E-state index contributed by atoms with van der Waals surface area (Å²) in [5.74, 6) is -0.374. The van der Waals surface area contributed by atoms with Gasteiger partial charge in [-0.25, -0.2) is 4.79 Å². The molecule has 0 radical (unpaired) electrons. The normalized spacial score (nSPS) is 11.2. The topological polar surface area (TPSA) is 46.5 Å². The SMILES string of the molecule is C/C=C/C=C/C(=O)OCCCO. The monoisotopic (exact) mass is 170 g/mol. The molecule has 0 saturated carbocycles. The second-order valence-electron chi connectivity index (χ2n) is 2.13. The highest BCUT2D eigenvalue weighted by Gasteiger charge is 1.93. The molecule has 0 unspecified atom stereocenters. The Morgan fingerprint density at radius 3 is 2.83 bits per heavy atom. The van der Waals surface area contributed by atoms with Crippen LogP contribution < -0.4 is 0 Å². The molecule has 0 heterocycles. The molecular weight excluding hydrogens is 156 g/mol. The van der Waals surface area contributed by atoms with Crippen molar-refractivity contribution >= 4 is 5.97 Å². The molecule has 3 heteroatoms. The van der Waals surface area contributed by atoms with Crippen LogP contribution in [0.1, 0.15) is 13.3 Å². The van der Waals surface area contributed by atoms with E-state index >= 15 is 0 Å². The van der Waals surface area contributed by atoms with Gasteiger partial charge in [0.2, 0.25) is 0 Å². The van der Waals surface area contributed by atoms with Crippen LogP contribution in [0.4, 0.5) is 0 Å².